The lowest BCUT2D eigenvalue weighted by Gasteiger charge is -2.05. The van der Waals surface area contributed by atoms with Crippen LogP contribution in [0.3, 0.4) is 0 Å². The smallest absolute Gasteiger partial charge is 0.0682 e. The topological polar surface area (TPSA) is 21.3 Å². The van der Waals surface area contributed by atoms with Crippen LogP contribution < -0.4 is 5.48 Å². The Bertz CT molecular complexity index is 168. The van der Waals surface area contributed by atoms with Crippen molar-refractivity contribution in [3.63, 3.8) is 0 Å². The molecule has 136 valence electrons. The summed E-state index contributed by atoms with van der Waals surface area (Å²) in [7, 11) is 0. The Kier molecular flexibility index (Phi) is 35.4. The summed E-state index contributed by atoms with van der Waals surface area (Å²) in [6, 6.07) is 0. The number of hydrogen-bond acceptors (Lipinski definition) is 2. The molecule has 0 amide bonds. The van der Waals surface area contributed by atoms with Gasteiger partial charge in [0, 0.05) is 6.54 Å². The number of allylic oxidation sites excluding steroid dienone is 2. The van der Waals surface area contributed by atoms with Gasteiger partial charge in [-0.1, -0.05) is 83.8 Å². The summed E-state index contributed by atoms with van der Waals surface area (Å²) < 4.78 is 0. The molecule has 0 aromatic carbocycles. The highest BCUT2D eigenvalue weighted by molar-refractivity contribution is 5.85. The quantitative estimate of drug-likeness (QED) is 0.213. The van der Waals surface area contributed by atoms with Gasteiger partial charge in [0.1, 0.15) is 0 Å². The third-order valence-corrected chi connectivity index (χ3v) is 3.42. The first-order valence-electron chi connectivity index (χ1n) is 9.25. The largest absolute Gasteiger partial charge is 0.302 e. The number of hydroxylamine groups is 1. The summed E-state index contributed by atoms with van der Waals surface area (Å²) in [6.07, 6.45) is 18.7. The van der Waals surface area contributed by atoms with Crippen LogP contribution in [-0.4, -0.2) is 13.2 Å². The highest BCUT2D eigenvalue weighted by Crippen LogP contribution is 2.07. The molecule has 0 heterocycles. The minimum Gasteiger partial charge on any atom is -0.302 e. The zero-order valence-corrected chi connectivity index (χ0v) is 16.5. The fourth-order valence-electron chi connectivity index (χ4n) is 1.90. The van der Waals surface area contributed by atoms with E-state index in [9.17, 15) is 0 Å². The van der Waals surface area contributed by atoms with E-state index < -0.39 is 0 Å². The van der Waals surface area contributed by atoms with Crippen molar-refractivity contribution in [3.8, 4) is 0 Å². The van der Waals surface area contributed by atoms with Crippen molar-refractivity contribution in [2.45, 2.75) is 98.3 Å². The maximum atomic E-state index is 5.35. The number of hydrogen-bond donors (Lipinski definition) is 1. The Balaban J connectivity index is -0.000000640. The number of nitrogens with one attached hydrogen (secondary N) is 1. The predicted octanol–water partition coefficient (Wildman–Crippen LogP) is 6.84. The first-order valence-corrected chi connectivity index (χ1v) is 9.25. The van der Waals surface area contributed by atoms with Crippen LogP contribution in [-0.2, 0) is 4.84 Å². The van der Waals surface area contributed by atoms with Crippen LogP contribution in [0.5, 0.6) is 0 Å². The molecule has 0 saturated carbocycles. The molecule has 0 rings (SSSR count). The van der Waals surface area contributed by atoms with Gasteiger partial charge in [-0.15, -0.1) is 12.4 Å². The van der Waals surface area contributed by atoms with Gasteiger partial charge in [-0.05, 0) is 26.7 Å². The van der Waals surface area contributed by atoms with E-state index in [1.807, 2.05) is 26.0 Å². The van der Waals surface area contributed by atoms with E-state index in [1.165, 1.54) is 70.6 Å². The zero-order valence-electron chi connectivity index (χ0n) is 15.7. The van der Waals surface area contributed by atoms with Crippen LogP contribution in [0.25, 0.3) is 0 Å². The molecule has 2 nitrogen and oxygen atoms in total. The van der Waals surface area contributed by atoms with Crippen LogP contribution in [0.1, 0.15) is 98.3 Å². The van der Waals surface area contributed by atoms with Crippen molar-refractivity contribution in [3.05, 3.63) is 12.2 Å². The van der Waals surface area contributed by atoms with Gasteiger partial charge in [-0.25, -0.2) is 5.48 Å². The van der Waals surface area contributed by atoms with Crippen molar-refractivity contribution in [2.75, 3.05) is 13.2 Å². The molecule has 1 N–H and O–H groups in total. The standard InChI is InChI=1S/C15H33NO.C4H8.ClH/c1-3-5-7-8-9-10-11-12-14-16-17-15-13-6-4-2;1-3-4-2;/h16H,3-15H2,1-2H3;3-4H,1-2H3;1H. The van der Waals surface area contributed by atoms with E-state index in [1.54, 1.807) is 0 Å². The van der Waals surface area contributed by atoms with Crippen LogP contribution in [0.4, 0.5) is 0 Å². The second kappa shape index (κ2) is 29.0. The molecule has 0 saturated heterocycles. The molecule has 0 aromatic rings. The third kappa shape index (κ3) is 32.1. The lowest BCUT2D eigenvalue weighted by Crippen LogP contribution is -2.16. The Morgan fingerprint density at radius 1 is 0.682 bits per heavy atom. The van der Waals surface area contributed by atoms with Crippen LogP contribution >= 0.6 is 12.4 Å². The summed E-state index contributed by atoms with van der Waals surface area (Å²) >= 11 is 0. The summed E-state index contributed by atoms with van der Waals surface area (Å²) in [5.41, 5.74) is 3.06. The van der Waals surface area contributed by atoms with E-state index in [0.717, 1.165) is 13.2 Å². The minimum atomic E-state index is 0. The molecular formula is C19H42ClNO. The summed E-state index contributed by atoms with van der Waals surface area (Å²) in [4.78, 5) is 5.35. The second-order valence-electron chi connectivity index (χ2n) is 5.59. The molecule has 0 aliphatic carbocycles. The van der Waals surface area contributed by atoms with Crippen molar-refractivity contribution < 1.29 is 4.84 Å². The van der Waals surface area contributed by atoms with Crippen molar-refractivity contribution in [2.24, 2.45) is 0 Å². The average Bonchev–Trinajstić information content (AvgIpc) is 2.52. The Hall–Kier alpha value is -0.0500. The summed E-state index contributed by atoms with van der Waals surface area (Å²) in [6.45, 7) is 10.4. The van der Waals surface area contributed by atoms with Gasteiger partial charge in [0.2, 0.25) is 0 Å². The maximum Gasteiger partial charge on any atom is 0.0682 e. The lowest BCUT2D eigenvalue weighted by molar-refractivity contribution is 0.0378. The minimum absolute atomic E-state index is 0. The number of halogens is 1. The average molecular weight is 336 g/mol. The fourth-order valence-corrected chi connectivity index (χ4v) is 1.90. The molecule has 0 spiro atoms. The van der Waals surface area contributed by atoms with E-state index in [0.29, 0.717) is 0 Å². The van der Waals surface area contributed by atoms with Crippen molar-refractivity contribution in [1.82, 2.24) is 5.48 Å². The van der Waals surface area contributed by atoms with Crippen LogP contribution in [0, 0.1) is 0 Å². The Morgan fingerprint density at radius 3 is 1.64 bits per heavy atom. The molecule has 0 aliphatic rings. The number of rotatable bonds is 14. The van der Waals surface area contributed by atoms with Gasteiger partial charge < -0.3 is 4.84 Å². The van der Waals surface area contributed by atoms with Gasteiger partial charge >= 0.3 is 0 Å². The molecule has 22 heavy (non-hydrogen) atoms. The monoisotopic (exact) mass is 335 g/mol. The summed E-state index contributed by atoms with van der Waals surface area (Å²) in [5.74, 6) is 0. The summed E-state index contributed by atoms with van der Waals surface area (Å²) in [5, 5.41) is 0. The molecule has 0 radical (unpaired) electrons. The Labute approximate surface area is 146 Å². The molecule has 0 aliphatic heterocycles. The molecule has 0 bridgehead atoms. The third-order valence-electron chi connectivity index (χ3n) is 3.42. The molecular weight excluding hydrogens is 294 g/mol. The lowest BCUT2D eigenvalue weighted by atomic mass is 10.1. The van der Waals surface area contributed by atoms with Crippen LogP contribution in [0.15, 0.2) is 12.2 Å². The van der Waals surface area contributed by atoms with Gasteiger partial charge in [0.15, 0.2) is 0 Å². The van der Waals surface area contributed by atoms with Crippen molar-refractivity contribution >= 4 is 12.4 Å². The first-order chi connectivity index (χ1) is 10.3. The van der Waals surface area contributed by atoms with Crippen molar-refractivity contribution in [1.29, 1.82) is 0 Å². The Morgan fingerprint density at radius 2 is 1.14 bits per heavy atom. The van der Waals surface area contributed by atoms with E-state index in [-0.39, 0.29) is 12.4 Å². The van der Waals surface area contributed by atoms with E-state index in [4.69, 9.17) is 4.84 Å². The number of unbranched alkanes of at least 4 members (excludes halogenated alkanes) is 9. The molecule has 3 heteroatoms. The highest BCUT2D eigenvalue weighted by Gasteiger charge is 1.92. The molecule has 0 atom stereocenters. The van der Waals surface area contributed by atoms with Crippen LogP contribution in [0.2, 0.25) is 0 Å². The maximum absolute atomic E-state index is 5.35. The molecule has 0 fully saturated rings. The van der Waals surface area contributed by atoms with Gasteiger partial charge in [-0.3, -0.25) is 0 Å². The predicted molar refractivity (Wildman–Crippen MR) is 104 cm³/mol. The normalized spacial score (nSPS) is 10.2. The molecule has 0 aromatic heterocycles. The van der Waals surface area contributed by atoms with E-state index in [2.05, 4.69) is 19.3 Å². The van der Waals surface area contributed by atoms with Gasteiger partial charge in [0.25, 0.3) is 0 Å². The molecule has 0 unspecified atom stereocenters. The zero-order chi connectivity index (χ0) is 16.0. The van der Waals surface area contributed by atoms with E-state index >= 15 is 0 Å². The van der Waals surface area contributed by atoms with Gasteiger partial charge in [0.05, 0.1) is 6.61 Å². The van der Waals surface area contributed by atoms with Gasteiger partial charge in [-0.2, -0.15) is 0 Å². The fraction of sp³-hybridized carbons (Fsp3) is 0.895. The second-order valence-corrected chi connectivity index (χ2v) is 5.59. The SMILES string of the molecule is CC=CC.CCCCCCCCCCNOCCCCC.Cl. The first kappa shape index (κ1) is 26.8. The highest BCUT2D eigenvalue weighted by atomic mass is 35.5.